The molecule has 0 radical (unpaired) electrons. The second-order valence-corrected chi connectivity index (χ2v) is 8.05. The van der Waals surface area contributed by atoms with Crippen LogP contribution in [-0.2, 0) is 4.74 Å². The predicted octanol–water partition coefficient (Wildman–Crippen LogP) is 5.77. The fourth-order valence-corrected chi connectivity index (χ4v) is 3.84. The Hall–Kier alpha value is -2.15. The Bertz CT molecular complexity index is 862. The van der Waals surface area contributed by atoms with Gasteiger partial charge in [-0.3, -0.25) is 4.79 Å². The summed E-state index contributed by atoms with van der Waals surface area (Å²) >= 11 is 0. The first kappa shape index (κ1) is 21.6. The van der Waals surface area contributed by atoms with E-state index in [2.05, 4.69) is 5.32 Å². The average molecular weight is 411 g/mol. The van der Waals surface area contributed by atoms with Gasteiger partial charge in [-0.1, -0.05) is 37.5 Å². The van der Waals surface area contributed by atoms with Gasteiger partial charge in [0.15, 0.2) is 0 Å². The van der Waals surface area contributed by atoms with Crippen molar-refractivity contribution in [3.63, 3.8) is 0 Å². The van der Waals surface area contributed by atoms with Gasteiger partial charge in [-0.2, -0.15) is 13.2 Å². The molecule has 3 rings (SSSR count). The number of halogens is 4. The van der Waals surface area contributed by atoms with Crippen LogP contribution in [0.1, 0.15) is 55.8 Å². The molecule has 1 fully saturated rings. The zero-order chi connectivity index (χ0) is 21.1. The molecular formula is C22H25F4NO2. The average Bonchev–Trinajstić information content (AvgIpc) is 2.66. The zero-order valence-corrected chi connectivity index (χ0v) is 16.3. The minimum atomic E-state index is -4.45. The molecule has 0 bridgehead atoms. The summed E-state index contributed by atoms with van der Waals surface area (Å²) in [7, 11) is 0. The van der Waals surface area contributed by atoms with Gasteiger partial charge in [0.25, 0.3) is 5.91 Å². The largest absolute Gasteiger partial charge is 0.391 e. The van der Waals surface area contributed by atoms with Crippen LogP contribution < -0.4 is 5.32 Å². The first-order valence-corrected chi connectivity index (χ1v) is 9.84. The number of rotatable bonds is 6. The molecule has 2 aromatic rings. The Labute approximate surface area is 167 Å². The fourth-order valence-electron chi connectivity index (χ4n) is 3.84. The number of ether oxygens (including phenoxy) is 1. The van der Waals surface area contributed by atoms with Gasteiger partial charge in [0, 0.05) is 10.9 Å². The Morgan fingerprint density at radius 2 is 1.86 bits per heavy atom. The number of carbonyl (C=O) groups is 1. The summed E-state index contributed by atoms with van der Waals surface area (Å²) in [5.74, 6) is -1.06. The lowest BCUT2D eigenvalue weighted by molar-refractivity contribution is -0.155. The van der Waals surface area contributed by atoms with Crippen LogP contribution in [0, 0.1) is 5.82 Å². The number of hydrogen-bond donors (Lipinski definition) is 1. The molecule has 0 saturated heterocycles. The SMILES string of the molecule is CC(COC1CCCCC1)(CC(F)(F)F)NC(=O)c1ccc2c(F)cccc2c1. The monoisotopic (exact) mass is 411 g/mol. The normalized spacial score (nSPS) is 17.8. The van der Waals surface area contributed by atoms with Gasteiger partial charge in [-0.15, -0.1) is 0 Å². The second kappa shape index (κ2) is 8.69. The van der Waals surface area contributed by atoms with Gasteiger partial charge in [-0.05, 0) is 43.4 Å². The number of alkyl halides is 3. The molecule has 29 heavy (non-hydrogen) atoms. The number of benzene rings is 2. The van der Waals surface area contributed by atoms with Crippen molar-refractivity contribution < 1.29 is 27.1 Å². The van der Waals surface area contributed by atoms with E-state index in [1.807, 2.05) is 0 Å². The summed E-state index contributed by atoms with van der Waals surface area (Å²) < 4.78 is 59.1. The van der Waals surface area contributed by atoms with Crippen molar-refractivity contribution in [2.75, 3.05) is 6.61 Å². The smallest absolute Gasteiger partial charge is 0.376 e. The van der Waals surface area contributed by atoms with Crippen LogP contribution in [0.2, 0.25) is 0 Å². The van der Waals surface area contributed by atoms with Crippen LogP contribution in [-0.4, -0.2) is 30.3 Å². The van der Waals surface area contributed by atoms with E-state index in [9.17, 15) is 22.4 Å². The molecule has 1 amide bonds. The van der Waals surface area contributed by atoms with Gasteiger partial charge in [0.05, 0.1) is 24.7 Å². The van der Waals surface area contributed by atoms with Crippen LogP contribution >= 0.6 is 0 Å². The summed E-state index contributed by atoms with van der Waals surface area (Å²) in [5.41, 5.74) is -1.42. The van der Waals surface area contributed by atoms with Crippen molar-refractivity contribution in [1.29, 1.82) is 0 Å². The fraction of sp³-hybridized carbons (Fsp3) is 0.500. The van der Waals surface area contributed by atoms with Crippen LogP contribution in [0.4, 0.5) is 17.6 Å². The molecule has 1 unspecified atom stereocenters. The van der Waals surface area contributed by atoms with Gasteiger partial charge in [-0.25, -0.2) is 4.39 Å². The maximum absolute atomic E-state index is 13.8. The lowest BCUT2D eigenvalue weighted by Crippen LogP contribution is -2.52. The minimum Gasteiger partial charge on any atom is -0.376 e. The third-order valence-electron chi connectivity index (χ3n) is 5.29. The van der Waals surface area contributed by atoms with E-state index >= 15 is 0 Å². The van der Waals surface area contributed by atoms with E-state index in [4.69, 9.17) is 4.74 Å². The van der Waals surface area contributed by atoms with Crippen molar-refractivity contribution in [2.45, 2.75) is 63.3 Å². The number of hydrogen-bond acceptors (Lipinski definition) is 2. The lowest BCUT2D eigenvalue weighted by atomic mass is 9.95. The summed E-state index contributed by atoms with van der Waals surface area (Å²) in [5, 5.41) is 3.37. The van der Waals surface area contributed by atoms with E-state index in [0.29, 0.717) is 10.8 Å². The van der Waals surface area contributed by atoms with E-state index in [1.54, 1.807) is 6.07 Å². The summed E-state index contributed by atoms with van der Waals surface area (Å²) in [4.78, 5) is 12.7. The number of carbonyl (C=O) groups excluding carboxylic acids is 1. The third-order valence-corrected chi connectivity index (χ3v) is 5.29. The first-order chi connectivity index (χ1) is 13.7. The van der Waals surface area contributed by atoms with E-state index in [0.717, 1.165) is 32.1 Å². The molecule has 1 atom stereocenters. The summed E-state index contributed by atoms with van der Waals surface area (Å²) in [6, 6.07) is 8.83. The quantitative estimate of drug-likeness (QED) is 0.613. The van der Waals surface area contributed by atoms with Crippen LogP contribution in [0.3, 0.4) is 0 Å². The highest BCUT2D eigenvalue weighted by Gasteiger charge is 2.41. The molecule has 0 spiro atoms. The highest BCUT2D eigenvalue weighted by Crippen LogP contribution is 2.30. The third kappa shape index (κ3) is 5.92. The first-order valence-electron chi connectivity index (χ1n) is 9.84. The van der Waals surface area contributed by atoms with E-state index in [1.165, 1.54) is 37.3 Å². The van der Waals surface area contributed by atoms with Crippen molar-refractivity contribution in [1.82, 2.24) is 5.32 Å². The van der Waals surface area contributed by atoms with Crippen molar-refractivity contribution >= 4 is 16.7 Å². The highest BCUT2D eigenvalue weighted by atomic mass is 19.4. The molecule has 1 saturated carbocycles. The molecule has 158 valence electrons. The van der Waals surface area contributed by atoms with Gasteiger partial charge in [0.2, 0.25) is 0 Å². The molecule has 1 aliphatic rings. The molecule has 1 N–H and O–H groups in total. The van der Waals surface area contributed by atoms with Crippen molar-refractivity contribution in [3.05, 3.63) is 47.8 Å². The van der Waals surface area contributed by atoms with Gasteiger partial charge < -0.3 is 10.1 Å². The molecular weight excluding hydrogens is 386 g/mol. The van der Waals surface area contributed by atoms with Gasteiger partial charge in [0.1, 0.15) is 5.82 Å². The Kier molecular flexibility index (Phi) is 6.46. The molecule has 3 nitrogen and oxygen atoms in total. The number of amides is 1. The zero-order valence-electron chi connectivity index (χ0n) is 16.3. The van der Waals surface area contributed by atoms with Crippen molar-refractivity contribution in [3.8, 4) is 0 Å². The topological polar surface area (TPSA) is 38.3 Å². The molecule has 0 aliphatic heterocycles. The Morgan fingerprint density at radius 3 is 2.55 bits per heavy atom. The molecule has 1 aliphatic carbocycles. The summed E-state index contributed by atoms with van der Waals surface area (Å²) in [6.07, 6.45) is -0.957. The second-order valence-electron chi connectivity index (χ2n) is 8.05. The maximum Gasteiger partial charge on any atom is 0.391 e. The molecule has 2 aromatic carbocycles. The Balaban J connectivity index is 1.76. The number of nitrogens with one attached hydrogen (secondary N) is 1. The van der Waals surface area contributed by atoms with Gasteiger partial charge >= 0.3 is 6.18 Å². The maximum atomic E-state index is 13.8. The Morgan fingerprint density at radius 1 is 1.14 bits per heavy atom. The molecule has 0 heterocycles. The van der Waals surface area contributed by atoms with E-state index < -0.39 is 29.9 Å². The molecule has 0 aromatic heterocycles. The lowest BCUT2D eigenvalue weighted by Gasteiger charge is -2.34. The number of fused-ring (bicyclic) bond motifs is 1. The van der Waals surface area contributed by atoms with Crippen molar-refractivity contribution in [2.24, 2.45) is 0 Å². The highest BCUT2D eigenvalue weighted by molar-refractivity contribution is 5.99. The minimum absolute atomic E-state index is 0.0724. The summed E-state index contributed by atoms with van der Waals surface area (Å²) in [6.45, 7) is 1.13. The van der Waals surface area contributed by atoms with E-state index in [-0.39, 0.29) is 18.3 Å². The standard InChI is InChI=1S/C22H25F4NO2/c1-21(13-22(24,25)26,14-29-17-7-3-2-4-8-17)27-20(28)16-10-11-18-15(12-16)6-5-9-19(18)23/h5-6,9-12,17H,2-4,7-8,13-14H2,1H3,(H,27,28). The molecule has 7 heteroatoms. The van der Waals surface area contributed by atoms with Crippen LogP contribution in [0.15, 0.2) is 36.4 Å². The van der Waals surface area contributed by atoms with Crippen LogP contribution in [0.25, 0.3) is 10.8 Å². The van der Waals surface area contributed by atoms with Crippen LogP contribution in [0.5, 0.6) is 0 Å². The predicted molar refractivity (Wildman–Crippen MR) is 103 cm³/mol.